The van der Waals surface area contributed by atoms with E-state index >= 15 is 0 Å². The first kappa shape index (κ1) is 19.1. The standard InChI is InChI=1S/C28H25NS/c1-19(21-11-5-3-6-12-21)23-15-9-17-25-27(23)29-28-24(16-10-18-26(28)30-25)20(2)22-13-7-4-8-14-22/h3-9,11-20H,10H2,1-2H3. The Morgan fingerprint density at radius 2 is 1.40 bits per heavy atom. The van der Waals surface area contributed by atoms with E-state index < -0.39 is 0 Å². The van der Waals surface area contributed by atoms with Crippen molar-refractivity contribution in [2.75, 3.05) is 0 Å². The van der Waals surface area contributed by atoms with Crippen LogP contribution < -0.4 is 0 Å². The SMILES string of the molecule is CC(C1=CCC=C2Sc3cccc(C(C)c4ccccc4)c3N=C21)c1ccccc1. The van der Waals surface area contributed by atoms with Gasteiger partial charge in [-0.25, -0.2) is 4.99 Å². The van der Waals surface area contributed by atoms with Gasteiger partial charge in [0.05, 0.1) is 11.4 Å². The summed E-state index contributed by atoms with van der Waals surface area (Å²) < 4.78 is 0. The summed E-state index contributed by atoms with van der Waals surface area (Å²) in [5, 5.41) is 0. The Labute approximate surface area is 183 Å². The highest BCUT2D eigenvalue weighted by Crippen LogP contribution is 2.48. The van der Waals surface area contributed by atoms with E-state index in [4.69, 9.17) is 4.99 Å². The van der Waals surface area contributed by atoms with Crippen LogP contribution in [-0.2, 0) is 0 Å². The first-order valence-corrected chi connectivity index (χ1v) is 11.4. The average Bonchev–Trinajstić information content (AvgIpc) is 2.82. The maximum absolute atomic E-state index is 5.30. The minimum atomic E-state index is 0.305. The predicted octanol–water partition coefficient (Wildman–Crippen LogP) is 8.03. The third kappa shape index (κ3) is 3.46. The summed E-state index contributed by atoms with van der Waals surface area (Å²) in [4.78, 5) is 7.86. The lowest BCUT2D eigenvalue weighted by Crippen LogP contribution is -2.16. The van der Waals surface area contributed by atoms with Gasteiger partial charge in [0.25, 0.3) is 0 Å². The minimum absolute atomic E-state index is 0.305. The van der Waals surface area contributed by atoms with Crippen LogP contribution in [0.25, 0.3) is 0 Å². The number of hydrogen-bond donors (Lipinski definition) is 0. The molecule has 30 heavy (non-hydrogen) atoms. The molecule has 5 rings (SSSR count). The summed E-state index contributed by atoms with van der Waals surface area (Å²) in [6.07, 6.45) is 5.65. The van der Waals surface area contributed by atoms with Crippen LogP contribution in [0, 0.1) is 0 Å². The second-order valence-corrected chi connectivity index (χ2v) is 9.07. The van der Waals surface area contributed by atoms with Gasteiger partial charge in [-0.3, -0.25) is 0 Å². The lowest BCUT2D eigenvalue weighted by Gasteiger charge is -2.28. The zero-order valence-corrected chi connectivity index (χ0v) is 18.2. The molecule has 0 fully saturated rings. The molecule has 0 aromatic heterocycles. The van der Waals surface area contributed by atoms with E-state index in [1.54, 1.807) is 0 Å². The molecule has 0 saturated carbocycles. The normalized spacial score (nSPS) is 17.1. The first-order valence-electron chi connectivity index (χ1n) is 10.6. The molecule has 3 aromatic rings. The van der Waals surface area contributed by atoms with Gasteiger partial charge in [-0.05, 0) is 34.8 Å². The quantitative estimate of drug-likeness (QED) is 0.426. The summed E-state index contributed by atoms with van der Waals surface area (Å²) in [5.74, 6) is 0.633. The first-order chi connectivity index (χ1) is 14.7. The lowest BCUT2D eigenvalue weighted by atomic mass is 9.86. The highest BCUT2D eigenvalue weighted by atomic mass is 32.2. The Morgan fingerprint density at radius 1 is 0.733 bits per heavy atom. The van der Waals surface area contributed by atoms with Crippen LogP contribution >= 0.6 is 11.8 Å². The monoisotopic (exact) mass is 407 g/mol. The van der Waals surface area contributed by atoms with Gasteiger partial charge in [-0.2, -0.15) is 0 Å². The van der Waals surface area contributed by atoms with Crippen molar-refractivity contribution in [2.24, 2.45) is 4.99 Å². The van der Waals surface area contributed by atoms with Crippen molar-refractivity contribution in [1.82, 2.24) is 0 Å². The fraction of sp³-hybridized carbons (Fsp3) is 0.179. The van der Waals surface area contributed by atoms with Crippen LogP contribution in [0.4, 0.5) is 5.69 Å². The lowest BCUT2D eigenvalue weighted by molar-refractivity contribution is 0.910. The van der Waals surface area contributed by atoms with E-state index in [1.807, 2.05) is 11.8 Å². The zero-order valence-electron chi connectivity index (χ0n) is 17.4. The Kier molecular flexibility index (Phi) is 5.18. The van der Waals surface area contributed by atoms with E-state index in [1.165, 1.54) is 32.1 Å². The van der Waals surface area contributed by atoms with Crippen LogP contribution in [0.2, 0.25) is 0 Å². The number of aliphatic imine (C=N–C) groups is 1. The van der Waals surface area contributed by atoms with E-state index in [0.29, 0.717) is 11.8 Å². The Hall–Kier alpha value is -2.84. The van der Waals surface area contributed by atoms with Crippen LogP contribution in [0.15, 0.2) is 111 Å². The highest BCUT2D eigenvalue weighted by Gasteiger charge is 2.28. The van der Waals surface area contributed by atoms with Crippen LogP contribution in [0.3, 0.4) is 0 Å². The molecule has 2 aliphatic rings. The molecule has 148 valence electrons. The van der Waals surface area contributed by atoms with Gasteiger partial charge in [0, 0.05) is 21.6 Å². The molecular formula is C28H25NS. The number of rotatable bonds is 4. The predicted molar refractivity (Wildman–Crippen MR) is 129 cm³/mol. The smallest absolute Gasteiger partial charge is 0.0814 e. The molecule has 0 bridgehead atoms. The summed E-state index contributed by atoms with van der Waals surface area (Å²) in [7, 11) is 0. The highest BCUT2D eigenvalue weighted by molar-refractivity contribution is 8.04. The molecule has 0 radical (unpaired) electrons. The molecule has 1 heterocycles. The van der Waals surface area contributed by atoms with Crippen molar-refractivity contribution < 1.29 is 0 Å². The van der Waals surface area contributed by atoms with Gasteiger partial charge in [-0.15, -0.1) is 0 Å². The van der Waals surface area contributed by atoms with Crippen LogP contribution in [0.5, 0.6) is 0 Å². The second-order valence-electron chi connectivity index (χ2n) is 7.98. The van der Waals surface area contributed by atoms with Crippen LogP contribution in [0.1, 0.15) is 48.8 Å². The van der Waals surface area contributed by atoms with Crippen molar-refractivity contribution in [3.63, 3.8) is 0 Å². The van der Waals surface area contributed by atoms with Crippen molar-refractivity contribution in [2.45, 2.75) is 37.0 Å². The average molecular weight is 408 g/mol. The number of allylic oxidation sites excluding steroid dienone is 4. The third-order valence-electron chi connectivity index (χ3n) is 6.15. The van der Waals surface area contributed by atoms with Crippen molar-refractivity contribution in [3.8, 4) is 0 Å². The molecule has 2 heteroatoms. The van der Waals surface area contributed by atoms with Gasteiger partial charge in [0.2, 0.25) is 0 Å². The molecule has 1 aliphatic heterocycles. The maximum atomic E-state index is 5.30. The van der Waals surface area contributed by atoms with E-state index in [0.717, 1.165) is 17.8 Å². The van der Waals surface area contributed by atoms with Gasteiger partial charge >= 0.3 is 0 Å². The summed E-state index contributed by atoms with van der Waals surface area (Å²) in [6.45, 7) is 4.58. The number of benzene rings is 3. The third-order valence-corrected chi connectivity index (χ3v) is 7.28. The Bertz CT molecular complexity index is 1160. The van der Waals surface area contributed by atoms with Crippen LogP contribution in [-0.4, -0.2) is 5.71 Å². The summed E-state index contributed by atoms with van der Waals surface area (Å²) in [5.41, 5.74) is 7.61. The van der Waals surface area contributed by atoms with E-state index in [-0.39, 0.29) is 0 Å². The van der Waals surface area contributed by atoms with Crippen molar-refractivity contribution in [1.29, 1.82) is 0 Å². The zero-order chi connectivity index (χ0) is 20.5. The maximum Gasteiger partial charge on any atom is 0.0814 e. The van der Waals surface area contributed by atoms with Gasteiger partial charge in [0.1, 0.15) is 0 Å². The summed E-state index contributed by atoms with van der Waals surface area (Å²) >= 11 is 1.87. The largest absolute Gasteiger partial charge is 0.246 e. The Balaban J connectivity index is 1.58. The summed E-state index contributed by atoms with van der Waals surface area (Å²) in [6, 6.07) is 28.1. The number of fused-ring (bicyclic) bond motifs is 2. The number of hydrogen-bond acceptors (Lipinski definition) is 2. The number of para-hydroxylation sites is 1. The molecule has 2 unspecified atom stereocenters. The second kappa shape index (κ2) is 8.12. The Morgan fingerprint density at radius 3 is 2.10 bits per heavy atom. The molecule has 0 saturated heterocycles. The fourth-order valence-corrected chi connectivity index (χ4v) is 5.47. The molecular weight excluding hydrogens is 382 g/mol. The van der Waals surface area contributed by atoms with E-state index in [9.17, 15) is 0 Å². The van der Waals surface area contributed by atoms with E-state index in [2.05, 4.69) is 105 Å². The number of thioether (sulfide) groups is 1. The molecule has 1 aliphatic carbocycles. The fourth-order valence-electron chi connectivity index (χ4n) is 4.38. The van der Waals surface area contributed by atoms with Crippen molar-refractivity contribution >= 4 is 23.2 Å². The molecule has 0 amide bonds. The van der Waals surface area contributed by atoms with Gasteiger partial charge < -0.3 is 0 Å². The number of nitrogens with zero attached hydrogens (tertiary/aromatic N) is 1. The van der Waals surface area contributed by atoms with Gasteiger partial charge in [-0.1, -0.05) is 111 Å². The minimum Gasteiger partial charge on any atom is -0.246 e. The van der Waals surface area contributed by atoms with Crippen molar-refractivity contribution in [3.05, 3.63) is 118 Å². The molecule has 0 spiro atoms. The topological polar surface area (TPSA) is 12.4 Å². The molecule has 1 nitrogen and oxygen atoms in total. The molecule has 2 atom stereocenters. The molecule has 0 N–H and O–H groups in total. The van der Waals surface area contributed by atoms with Gasteiger partial charge in [0.15, 0.2) is 0 Å². The molecule has 3 aromatic carbocycles.